The Bertz CT molecular complexity index is 455. The average Bonchev–Trinajstić information content (AvgIpc) is 3.32. The molecule has 2 amide bonds. The molecular formula is C13H18N4O3. The van der Waals surface area contributed by atoms with Crippen molar-refractivity contribution in [3.63, 3.8) is 0 Å². The Balaban J connectivity index is 1.43. The lowest BCUT2D eigenvalue weighted by Gasteiger charge is -2.23. The molecule has 20 heavy (non-hydrogen) atoms. The van der Waals surface area contributed by atoms with Gasteiger partial charge in [-0.3, -0.25) is 5.32 Å². The van der Waals surface area contributed by atoms with Crippen LogP contribution in [0.2, 0.25) is 0 Å². The quantitative estimate of drug-likeness (QED) is 0.865. The summed E-state index contributed by atoms with van der Waals surface area (Å²) in [5.41, 5.74) is 1.000. The normalized spacial score (nSPS) is 19.6. The number of ether oxygens (including phenoxy) is 2. The van der Waals surface area contributed by atoms with Gasteiger partial charge in [0.25, 0.3) is 0 Å². The van der Waals surface area contributed by atoms with Gasteiger partial charge in [-0.05, 0) is 31.4 Å². The van der Waals surface area contributed by atoms with Crippen LogP contribution in [0.3, 0.4) is 0 Å². The second-order valence-corrected chi connectivity index (χ2v) is 4.98. The van der Waals surface area contributed by atoms with Crippen molar-refractivity contribution in [2.75, 3.05) is 25.1 Å². The highest BCUT2D eigenvalue weighted by molar-refractivity contribution is 5.88. The fourth-order valence-corrected chi connectivity index (χ4v) is 2.00. The molecule has 1 aromatic heterocycles. The molecule has 0 atom stereocenters. The van der Waals surface area contributed by atoms with Crippen LogP contribution in [-0.4, -0.2) is 42.3 Å². The number of hydrogen-bond acceptors (Lipinski definition) is 5. The van der Waals surface area contributed by atoms with Crippen molar-refractivity contribution in [3.8, 4) is 0 Å². The van der Waals surface area contributed by atoms with E-state index in [1.54, 1.807) is 6.07 Å². The summed E-state index contributed by atoms with van der Waals surface area (Å²) in [6.45, 7) is 1.66. The van der Waals surface area contributed by atoms with Gasteiger partial charge in [0.15, 0.2) is 12.1 Å². The van der Waals surface area contributed by atoms with Crippen molar-refractivity contribution >= 4 is 11.8 Å². The lowest BCUT2D eigenvalue weighted by Crippen LogP contribution is -2.39. The van der Waals surface area contributed by atoms with E-state index in [1.165, 1.54) is 12.8 Å². The molecule has 2 fully saturated rings. The van der Waals surface area contributed by atoms with Crippen LogP contribution in [0.25, 0.3) is 0 Å². The molecule has 2 heterocycles. The van der Waals surface area contributed by atoms with Gasteiger partial charge in [0, 0.05) is 5.92 Å². The third kappa shape index (κ3) is 3.64. The number of rotatable bonds is 4. The molecule has 0 unspecified atom stereocenters. The summed E-state index contributed by atoms with van der Waals surface area (Å²) in [4.78, 5) is 11.7. The highest BCUT2D eigenvalue weighted by atomic mass is 16.7. The van der Waals surface area contributed by atoms with E-state index < -0.39 is 0 Å². The maximum Gasteiger partial charge on any atom is 0.320 e. The molecule has 7 heteroatoms. The molecular weight excluding hydrogens is 260 g/mol. The largest absolute Gasteiger partial charge is 0.351 e. The second-order valence-electron chi connectivity index (χ2n) is 4.98. The Morgan fingerprint density at radius 1 is 1.25 bits per heavy atom. The summed E-state index contributed by atoms with van der Waals surface area (Å²) in [6, 6.07) is 3.35. The lowest BCUT2D eigenvalue weighted by atomic mass is 10.3. The number of anilines is 1. The van der Waals surface area contributed by atoms with Crippen molar-refractivity contribution in [1.82, 2.24) is 15.5 Å². The summed E-state index contributed by atoms with van der Waals surface area (Å²) < 4.78 is 10.7. The number of carbonyl (C=O) groups is 1. The predicted octanol–water partition coefficient (Wildman–Crippen LogP) is 1.24. The molecule has 1 aliphatic carbocycles. The minimum Gasteiger partial charge on any atom is -0.351 e. The van der Waals surface area contributed by atoms with E-state index in [0.717, 1.165) is 12.1 Å². The molecule has 1 saturated heterocycles. The Hall–Kier alpha value is -1.73. The van der Waals surface area contributed by atoms with Gasteiger partial charge >= 0.3 is 6.03 Å². The summed E-state index contributed by atoms with van der Waals surface area (Å²) in [7, 11) is 0. The molecule has 108 valence electrons. The maximum atomic E-state index is 11.7. The highest BCUT2D eigenvalue weighted by Crippen LogP contribution is 2.38. The van der Waals surface area contributed by atoms with Crippen LogP contribution in [0.1, 0.15) is 30.9 Å². The number of hydrogen-bond donors (Lipinski definition) is 2. The number of urea groups is 1. The van der Waals surface area contributed by atoms with Crippen LogP contribution in [0, 0.1) is 0 Å². The molecule has 2 N–H and O–H groups in total. The zero-order valence-corrected chi connectivity index (χ0v) is 11.2. The Kier molecular flexibility index (Phi) is 4.08. The summed E-state index contributed by atoms with van der Waals surface area (Å²) in [5, 5.41) is 13.4. The smallest absolute Gasteiger partial charge is 0.320 e. The topological polar surface area (TPSA) is 85.4 Å². The van der Waals surface area contributed by atoms with E-state index in [-0.39, 0.29) is 12.3 Å². The summed E-state index contributed by atoms with van der Waals surface area (Å²) in [5.74, 6) is 1.00. The fourth-order valence-electron chi connectivity index (χ4n) is 2.00. The van der Waals surface area contributed by atoms with Crippen LogP contribution in [0.5, 0.6) is 0 Å². The number of amides is 2. The van der Waals surface area contributed by atoms with Gasteiger partial charge in [-0.1, -0.05) is 0 Å². The minimum atomic E-state index is -0.363. The highest BCUT2D eigenvalue weighted by Gasteiger charge is 2.25. The first-order valence-corrected chi connectivity index (χ1v) is 6.93. The summed E-state index contributed by atoms with van der Waals surface area (Å²) in [6.07, 6.45) is 2.90. The first-order valence-electron chi connectivity index (χ1n) is 6.93. The van der Waals surface area contributed by atoms with E-state index in [0.29, 0.717) is 31.5 Å². The summed E-state index contributed by atoms with van der Waals surface area (Å²) >= 11 is 0. The van der Waals surface area contributed by atoms with Crippen molar-refractivity contribution in [2.24, 2.45) is 0 Å². The van der Waals surface area contributed by atoms with Gasteiger partial charge in [-0.2, -0.15) is 5.10 Å². The van der Waals surface area contributed by atoms with E-state index in [9.17, 15) is 4.79 Å². The van der Waals surface area contributed by atoms with E-state index >= 15 is 0 Å². The van der Waals surface area contributed by atoms with E-state index in [4.69, 9.17) is 9.47 Å². The molecule has 1 aliphatic heterocycles. The molecule has 3 rings (SSSR count). The third-order valence-corrected chi connectivity index (χ3v) is 3.25. The van der Waals surface area contributed by atoms with Gasteiger partial charge in [0.05, 0.1) is 25.5 Å². The third-order valence-electron chi connectivity index (χ3n) is 3.25. The van der Waals surface area contributed by atoms with Gasteiger partial charge in [0.1, 0.15) is 0 Å². The van der Waals surface area contributed by atoms with Crippen LogP contribution < -0.4 is 10.6 Å². The van der Waals surface area contributed by atoms with Crippen molar-refractivity contribution in [2.45, 2.75) is 31.5 Å². The van der Waals surface area contributed by atoms with Crippen LogP contribution in [-0.2, 0) is 9.47 Å². The zero-order valence-electron chi connectivity index (χ0n) is 11.2. The Morgan fingerprint density at radius 2 is 2.05 bits per heavy atom. The van der Waals surface area contributed by atoms with Crippen LogP contribution >= 0.6 is 0 Å². The first kappa shape index (κ1) is 13.3. The molecule has 0 radical (unpaired) electrons. The molecule has 0 aromatic carbocycles. The van der Waals surface area contributed by atoms with Crippen LogP contribution in [0.15, 0.2) is 12.1 Å². The molecule has 0 spiro atoms. The molecule has 2 aliphatic rings. The zero-order chi connectivity index (χ0) is 13.8. The Morgan fingerprint density at radius 3 is 2.70 bits per heavy atom. The number of nitrogens with zero attached hydrogens (tertiary/aromatic N) is 2. The van der Waals surface area contributed by atoms with Gasteiger partial charge in [0.2, 0.25) is 0 Å². The fraction of sp³-hybridized carbons (Fsp3) is 0.615. The number of carbonyl (C=O) groups excluding carboxylic acids is 1. The molecule has 7 nitrogen and oxygen atoms in total. The van der Waals surface area contributed by atoms with E-state index in [2.05, 4.69) is 20.8 Å². The van der Waals surface area contributed by atoms with Crippen molar-refractivity contribution in [1.29, 1.82) is 0 Å². The van der Waals surface area contributed by atoms with Gasteiger partial charge in [-0.15, -0.1) is 5.10 Å². The van der Waals surface area contributed by atoms with Crippen molar-refractivity contribution in [3.05, 3.63) is 17.8 Å². The maximum absolute atomic E-state index is 11.7. The lowest BCUT2D eigenvalue weighted by molar-refractivity contribution is -0.173. The van der Waals surface area contributed by atoms with Crippen LogP contribution in [0.4, 0.5) is 10.6 Å². The SMILES string of the molecule is O=C(NCC1OCCCO1)Nc1ccc(C2CC2)nn1. The van der Waals surface area contributed by atoms with E-state index in [1.807, 2.05) is 6.07 Å². The monoisotopic (exact) mass is 278 g/mol. The molecule has 1 aromatic rings. The second kappa shape index (κ2) is 6.15. The number of aromatic nitrogens is 2. The number of nitrogens with one attached hydrogen (secondary N) is 2. The standard InChI is InChI=1S/C13H18N4O3/c18-13(14-8-12-19-6-1-7-20-12)15-11-5-4-10(16-17-11)9-2-3-9/h4-5,9,12H,1-3,6-8H2,(H2,14,15,17,18). The van der Waals surface area contributed by atoms with Gasteiger partial charge < -0.3 is 14.8 Å². The van der Waals surface area contributed by atoms with Crippen molar-refractivity contribution < 1.29 is 14.3 Å². The first-order chi connectivity index (χ1) is 9.81. The van der Waals surface area contributed by atoms with Gasteiger partial charge in [-0.25, -0.2) is 4.79 Å². The average molecular weight is 278 g/mol. The Labute approximate surface area is 117 Å². The minimum absolute atomic E-state index is 0.319. The molecule has 0 bridgehead atoms. The predicted molar refractivity (Wildman–Crippen MR) is 71.3 cm³/mol. The molecule has 1 saturated carbocycles.